The van der Waals surface area contributed by atoms with E-state index in [1.165, 1.54) is 4.09 Å². The van der Waals surface area contributed by atoms with Crippen molar-refractivity contribution in [2.75, 3.05) is 39.4 Å². The molecule has 2 aliphatic rings. The summed E-state index contributed by atoms with van der Waals surface area (Å²) < 4.78 is 20.1. The number of hydrogen-bond acceptors (Lipinski definition) is 6. The number of amides is 1. The van der Waals surface area contributed by atoms with Gasteiger partial charge in [-0.15, -0.1) is 3.89 Å². The Morgan fingerprint density at radius 2 is 2.24 bits per heavy atom. The zero-order chi connectivity index (χ0) is 20.6. The highest BCUT2D eigenvalue weighted by Crippen LogP contribution is 2.32. The molecule has 2 fully saturated rings. The SMILES string of the molecule is Cc1cccc2c(C(C)(C)NC(=O)C3CNCCN3CC3COC3)nn(SF)c12. The number of piperazine rings is 1. The summed E-state index contributed by atoms with van der Waals surface area (Å²) in [5.74, 6) is 0.464. The molecule has 0 aliphatic carbocycles. The summed E-state index contributed by atoms with van der Waals surface area (Å²) in [6.07, 6.45) is 0. The van der Waals surface area contributed by atoms with Gasteiger partial charge in [-0.2, -0.15) is 9.19 Å². The maximum atomic E-state index is 13.5. The Balaban J connectivity index is 1.57. The molecule has 1 unspecified atom stereocenters. The Morgan fingerprint density at radius 1 is 1.45 bits per heavy atom. The van der Waals surface area contributed by atoms with Crippen LogP contribution in [0, 0.1) is 12.8 Å². The van der Waals surface area contributed by atoms with Gasteiger partial charge >= 0.3 is 0 Å². The molecule has 0 saturated carbocycles. The summed E-state index contributed by atoms with van der Waals surface area (Å²) >= 11 is 0.0753. The number of fused-ring (bicyclic) bond motifs is 1. The summed E-state index contributed by atoms with van der Waals surface area (Å²) in [5.41, 5.74) is 1.60. The van der Waals surface area contributed by atoms with Gasteiger partial charge in [0.2, 0.25) is 5.91 Å². The third-order valence-electron chi connectivity index (χ3n) is 5.82. The molecule has 2 aromatic rings. The number of nitrogens with one attached hydrogen (secondary N) is 2. The van der Waals surface area contributed by atoms with Gasteiger partial charge < -0.3 is 15.4 Å². The van der Waals surface area contributed by atoms with Crippen LogP contribution in [0.3, 0.4) is 0 Å². The lowest BCUT2D eigenvalue weighted by Gasteiger charge is -2.40. The van der Waals surface area contributed by atoms with Crippen molar-refractivity contribution in [2.24, 2.45) is 5.92 Å². The van der Waals surface area contributed by atoms with Crippen LogP contribution in [0.1, 0.15) is 25.1 Å². The molecule has 9 heteroatoms. The minimum Gasteiger partial charge on any atom is -0.381 e. The van der Waals surface area contributed by atoms with E-state index in [1.54, 1.807) is 0 Å². The first-order valence-corrected chi connectivity index (χ1v) is 10.7. The van der Waals surface area contributed by atoms with E-state index in [-0.39, 0.29) is 24.3 Å². The van der Waals surface area contributed by atoms with E-state index in [0.29, 0.717) is 18.2 Å². The number of rotatable bonds is 6. The molecule has 7 nitrogen and oxygen atoms in total. The monoisotopic (exact) mass is 421 g/mol. The van der Waals surface area contributed by atoms with E-state index in [1.807, 2.05) is 39.0 Å². The van der Waals surface area contributed by atoms with Crippen molar-refractivity contribution in [2.45, 2.75) is 32.4 Å². The lowest BCUT2D eigenvalue weighted by atomic mass is 9.95. The number of benzene rings is 1. The second-order valence-corrected chi connectivity index (χ2v) is 8.98. The Kier molecular flexibility index (Phi) is 5.83. The van der Waals surface area contributed by atoms with Gasteiger partial charge in [0.25, 0.3) is 0 Å². The second kappa shape index (κ2) is 8.22. The number of hydrogen-bond donors (Lipinski definition) is 2. The van der Waals surface area contributed by atoms with E-state index >= 15 is 0 Å². The highest BCUT2D eigenvalue weighted by Gasteiger charge is 2.36. The molecule has 0 radical (unpaired) electrons. The van der Waals surface area contributed by atoms with Gasteiger partial charge in [0, 0.05) is 37.5 Å². The van der Waals surface area contributed by atoms with Gasteiger partial charge in [0.05, 0.1) is 30.0 Å². The van der Waals surface area contributed by atoms with Gasteiger partial charge in [0.15, 0.2) is 12.3 Å². The first kappa shape index (κ1) is 20.6. The van der Waals surface area contributed by atoms with Crippen LogP contribution in [-0.2, 0) is 15.1 Å². The highest BCUT2D eigenvalue weighted by atomic mass is 32.2. The van der Waals surface area contributed by atoms with Crippen LogP contribution >= 0.6 is 12.3 Å². The summed E-state index contributed by atoms with van der Waals surface area (Å²) in [6, 6.07) is 5.55. The lowest BCUT2D eigenvalue weighted by molar-refractivity contribution is -0.130. The van der Waals surface area contributed by atoms with Crippen LogP contribution in [0.2, 0.25) is 0 Å². The molecule has 2 aliphatic heterocycles. The molecule has 1 atom stereocenters. The summed E-state index contributed by atoms with van der Waals surface area (Å²) in [4.78, 5) is 15.5. The zero-order valence-electron chi connectivity index (χ0n) is 17.1. The van der Waals surface area contributed by atoms with Crippen molar-refractivity contribution in [1.82, 2.24) is 24.7 Å². The summed E-state index contributed by atoms with van der Waals surface area (Å²) in [6.45, 7) is 10.5. The Labute approximate surface area is 174 Å². The topological polar surface area (TPSA) is 71.4 Å². The van der Waals surface area contributed by atoms with Gasteiger partial charge in [0.1, 0.15) is 6.04 Å². The van der Waals surface area contributed by atoms with E-state index in [4.69, 9.17) is 4.74 Å². The van der Waals surface area contributed by atoms with Crippen molar-refractivity contribution in [3.05, 3.63) is 29.5 Å². The maximum Gasteiger partial charge on any atom is 0.239 e. The van der Waals surface area contributed by atoms with Crippen LogP contribution in [-0.4, -0.2) is 65.4 Å². The fourth-order valence-electron chi connectivity index (χ4n) is 4.21. The molecule has 2 saturated heterocycles. The predicted octanol–water partition coefficient (Wildman–Crippen LogP) is 2.00. The van der Waals surface area contributed by atoms with Gasteiger partial charge in [-0.3, -0.25) is 9.69 Å². The molecule has 4 rings (SSSR count). The zero-order valence-corrected chi connectivity index (χ0v) is 17.9. The largest absolute Gasteiger partial charge is 0.381 e. The highest BCUT2D eigenvalue weighted by molar-refractivity contribution is 7.92. The van der Waals surface area contributed by atoms with Crippen LogP contribution in [0.25, 0.3) is 10.9 Å². The van der Waals surface area contributed by atoms with Crippen molar-refractivity contribution < 1.29 is 13.4 Å². The normalized spacial score (nSPS) is 21.3. The number of aromatic nitrogens is 2. The number of aryl methyl sites for hydroxylation is 1. The first-order valence-electron chi connectivity index (χ1n) is 10.0. The molecule has 0 spiro atoms. The molecular weight excluding hydrogens is 393 g/mol. The number of nitrogens with zero attached hydrogens (tertiary/aromatic N) is 3. The lowest BCUT2D eigenvalue weighted by Crippen LogP contribution is -2.61. The molecule has 2 N–H and O–H groups in total. The molecule has 1 aromatic carbocycles. The van der Waals surface area contributed by atoms with E-state index < -0.39 is 5.54 Å². The van der Waals surface area contributed by atoms with Crippen LogP contribution < -0.4 is 10.6 Å². The predicted molar refractivity (Wildman–Crippen MR) is 112 cm³/mol. The maximum absolute atomic E-state index is 13.5. The molecule has 29 heavy (non-hydrogen) atoms. The van der Waals surface area contributed by atoms with Gasteiger partial charge in [-0.05, 0) is 26.3 Å². The van der Waals surface area contributed by atoms with Crippen LogP contribution in [0.15, 0.2) is 18.2 Å². The second-order valence-electron chi connectivity index (χ2n) is 8.49. The minimum absolute atomic E-state index is 0.0364. The van der Waals surface area contributed by atoms with Crippen molar-refractivity contribution >= 4 is 29.1 Å². The van der Waals surface area contributed by atoms with E-state index in [0.717, 1.165) is 49.3 Å². The Hall–Kier alpha value is -1.68. The minimum atomic E-state index is -0.743. The smallest absolute Gasteiger partial charge is 0.239 e. The number of carbonyl (C=O) groups is 1. The average Bonchev–Trinajstić information content (AvgIpc) is 3.06. The molecule has 1 amide bonds. The van der Waals surface area contributed by atoms with Crippen molar-refractivity contribution in [3.8, 4) is 0 Å². The van der Waals surface area contributed by atoms with Gasteiger partial charge in [-0.1, -0.05) is 18.2 Å². The Morgan fingerprint density at radius 3 is 2.93 bits per heavy atom. The quantitative estimate of drug-likeness (QED) is 0.744. The molecule has 3 heterocycles. The fourth-order valence-corrected chi connectivity index (χ4v) is 4.63. The third kappa shape index (κ3) is 4.01. The number of carbonyl (C=O) groups excluding carboxylic acids is 1. The van der Waals surface area contributed by atoms with E-state index in [2.05, 4.69) is 20.6 Å². The number of para-hydroxylation sites is 1. The standard InChI is InChI=1S/C20H28FN5O2S/c1-13-5-4-6-15-17(13)26(29-21)24-18(15)20(2,3)23-19(27)16-9-22-7-8-25(16)10-14-11-28-12-14/h4-6,14,16,22H,7-12H2,1-3H3,(H,23,27). The molecule has 1 aromatic heterocycles. The van der Waals surface area contributed by atoms with Crippen LogP contribution in [0.5, 0.6) is 0 Å². The van der Waals surface area contributed by atoms with Crippen molar-refractivity contribution in [1.29, 1.82) is 0 Å². The molecular formula is C20H28FN5O2S. The number of ether oxygens (including phenoxy) is 1. The first-order chi connectivity index (χ1) is 13.9. The summed E-state index contributed by atoms with van der Waals surface area (Å²) in [5, 5.41) is 11.8. The summed E-state index contributed by atoms with van der Waals surface area (Å²) in [7, 11) is 0. The molecule has 0 bridgehead atoms. The Bertz CT molecular complexity index is 898. The fraction of sp³-hybridized carbons (Fsp3) is 0.600. The van der Waals surface area contributed by atoms with Crippen LogP contribution in [0.4, 0.5) is 3.89 Å². The van der Waals surface area contributed by atoms with Gasteiger partial charge in [-0.25, -0.2) is 0 Å². The average molecular weight is 422 g/mol. The van der Waals surface area contributed by atoms with E-state index in [9.17, 15) is 8.68 Å². The third-order valence-corrected chi connectivity index (χ3v) is 6.22. The van der Waals surface area contributed by atoms with Crippen molar-refractivity contribution in [3.63, 3.8) is 0 Å². The number of halogens is 1. The molecule has 158 valence electrons.